The van der Waals surface area contributed by atoms with Gasteiger partial charge in [0.1, 0.15) is 6.61 Å². The van der Waals surface area contributed by atoms with Crippen molar-refractivity contribution in [3.8, 4) is 0 Å². The van der Waals surface area contributed by atoms with Crippen molar-refractivity contribution in [2.75, 3.05) is 31.7 Å². The summed E-state index contributed by atoms with van der Waals surface area (Å²) in [4.78, 5) is 34.3. The Labute approximate surface area is 259 Å². The van der Waals surface area contributed by atoms with Crippen LogP contribution in [0.4, 0.5) is 10.5 Å². The van der Waals surface area contributed by atoms with Crippen LogP contribution >= 0.6 is 0 Å². The number of ether oxygens (including phenoxy) is 1. The van der Waals surface area contributed by atoms with E-state index in [0.717, 1.165) is 50.9 Å². The Bertz CT molecular complexity index is 1350. The molecule has 0 aromatic heterocycles. The van der Waals surface area contributed by atoms with Gasteiger partial charge in [0.05, 0.1) is 5.69 Å². The fourth-order valence-corrected chi connectivity index (χ4v) is 6.62. The zero-order valence-corrected chi connectivity index (χ0v) is 25.0. The number of benzene rings is 3. The molecule has 1 aliphatic heterocycles. The Morgan fingerprint density at radius 3 is 2.30 bits per heavy atom. The van der Waals surface area contributed by atoms with Crippen LogP contribution in [0.15, 0.2) is 97.6 Å². The molecule has 44 heavy (non-hydrogen) atoms. The van der Waals surface area contributed by atoms with Crippen LogP contribution in [0.5, 0.6) is 0 Å². The Hall–Kier alpha value is -4.18. The lowest BCUT2D eigenvalue weighted by atomic mass is 9.88. The Morgan fingerprint density at radius 1 is 0.955 bits per heavy atom. The molecule has 9 nitrogen and oxygen atoms in total. The maximum atomic E-state index is 13.1. The highest BCUT2D eigenvalue weighted by Crippen LogP contribution is 2.41. The van der Waals surface area contributed by atoms with Gasteiger partial charge in [0.2, 0.25) is 0 Å². The molecule has 1 aliphatic carbocycles. The molecule has 232 valence electrons. The number of rotatable bonds is 12. The van der Waals surface area contributed by atoms with Gasteiger partial charge in [-0.2, -0.15) is 0 Å². The van der Waals surface area contributed by atoms with Crippen molar-refractivity contribution in [1.82, 2.24) is 15.1 Å². The third kappa shape index (κ3) is 8.25. The van der Waals surface area contributed by atoms with Crippen LogP contribution in [0.1, 0.15) is 53.1 Å². The van der Waals surface area contributed by atoms with Crippen LogP contribution in [0.3, 0.4) is 0 Å². The van der Waals surface area contributed by atoms with Gasteiger partial charge in [-0.25, -0.2) is 15.5 Å². The number of hydrogen-bond acceptors (Lipinski definition) is 7. The van der Waals surface area contributed by atoms with Crippen LogP contribution in [0.25, 0.3) is 0 Å². The molecular formula is C35H42N4O5. The molecule has 2 amide bonds. The first-order valence-electron chi connectivity index (χ1n) is 15.4. The molecule has 9 heteroatoms. The lowest BCUT2D eigenvalue weighted by Crippen LogP contribution is -2.48. The summed E-state index contributed by atoms with van der Waals surface area (Å²) >= 11 is 0. The summed E-state index contributed by atoms with van der Waals surface area (Å²) in [5.41, 5.74) is 5.78. The van der Waals surface area contributed by atoms with Crippen molar-refractivity contribution in [3.63, 3.8) is 0 Å². The largest absolute Gasteiger partial charge is 0.445 e. The molecular weight excluding hydrogens is 556 g/mol. The van der Waals surface area contributed by atoms with Crippen LogP contribution < -0.4 is 10.8 Å². The van der Waals surface area contributed by atoms with E-state index in [2.05, 4.69) is 57.6 Å². The molecule has 1 saturated heterocycles. The molecule has 2 fully saturated rings. The van der Waals surface area contributed by atoms with Crippen molar-refractivity contribution in [2.24, 2.45) is 5.92 Å². The monoisotopic (exact) mass is 598 g/mol. The third-order valence-electron chi connectivity index (χ3n) is 8.82. The fraction of sp³-hybridized carbons (Fsp3) is 0.371. The van der Waals surface area contributed by atoms with Gasteiger partial charge < -0.3 is 19.9 Å². The summed E-state index contributed by atoms with van der Waals surface area (Å²) < 4.78 is 5.66. The minimum atomic E-state index is -0.346. The molecule has 1 heterocycles. The molecule has 5 rings (SSSR count). The van der Waals surface area contributed by atoms with Crippen LogP contribution in [0.2, 0.25) is 0 Å². The average molecular weight is 599 g/mol. The summed E-state index contributed by atoms with van der Waals surface area (Å²) in [6, 6.07) is 27.3. The second-order valence-corrected chi connectivity index (χ2v) is 11.7. The zero-order valence-electron chi connectivity index (χ0n) is 25.0. The summed E-state index contributed by atoms with van der Waals surface area (Å²) in [5, 5.41) is 11.8. The van der Waals surface area contributed by atoms with Gasteiger partial charge in [0.25, 0.3) is 5.91 Å². The summed E-state index contributed by atoms with van der Waals surface area (Å²) in [6.45, 7) is 7.19. The smallest absolute Gasteiger partial charge is 0.410 e. The standard InChI is InChI=1S/C35H42N4O5/c1-2-19-39(35(41)43-25-26-13-15-30(16-14-26)37-44-42)32-17-20-38(21-18-32)24-29-22-31(23-33(29)27-9-5-3-6-10-27)36-34(40)28-11-7-4-8-12-28/h2-16,29,31-33,37,42H,1,17-25H2,(H,36,40). The van der Waals surface area contributed by atoms with E-state index in [9.17, 15) is 9.59 Å². The van der Waals surface area contributed by atoms with Gasteiger partial charge in [-0.1, -0.05) is 66.7 Å². The van der Waals surface area contributed by atoms with Gasteiger partial charge in [-0.05, 0) is 72.9 Å². The maximum absolute atomic E-state index is 13.1. The molecule has 0 bridgehead atoms. The number of likely N-dealkylation sites (tertiary alicyclic amines) is 1. The Balaban J connectivity index is 1.15. The number of nitrogens with one attached hydrogen (secondary N) is 2. The molecule has 3 aromatic rings. The van der Waals surface area contributed by atoms with E-state index >= 15 is 0 Å². The average Bonchev–Trinajstić information content (AvgIpc) is 3.46. The lowest BCUT2D eigenvalue weighted by molar-refractivity contribution is -0.215. The van der Waals surface area contributed by atoms with E-state index in [1.165, 1.54) is 5.56 Å². The Morgan fingerprint density at radius 2 is 1.64 bits per heavy atom. The highest BCUT2D eigenvalue weighted by atomic mass is 17.2. The highest BCUT2D eigenvalue weighted by molar-refractivity contribution is 5.94. The zero-order chi connectivity index (χ0) is 30.7. The molecule has 3 aromatic carbocycles. The highest BCUT2D eigenvalue weighted by Gasteiger charge is 2.38. The van der Waals surface area contributed by atoms with Crippen molar-refractivity contribution >= 4 is 17.7 Å². The quantitative estimate of drug-likeness (QED) is 0.132. The number of nitrogens with zero attached hydrogens (tertiary/aromatic N) is 2. The van der Waals surface area contributed by atoms with E-state index < -0.39 is 0 Å². The molecule has 3 atom stereocenters. The van der Waals surface area contributed by atoms with Crippen LogP contribution in [-0.2, 0) is 16.3 Å². The molecule has 1 saturated carbocycles. The maximum Gasteiger partial charge on any atom is 0.410 e. The predicted octanol–water partition coefficient (Wildman–Crippen LogP) is 6.08. The van der Waals surface area contributed by atoms with E-state index in [0.29, 0.717) is 29.6 Å². The van der Waals surface area contributed by atoms with Crippen molar-refractivity contribution in [3.05, 3.63) is 114 Å². The summed E-state index contributed by atoms with van der Waals surface area (Å²) in [5.74, 6) is 0.793. The number of hydrogen-bond donors (Lipinski definition) is 3. The number of anilines is 1. The molecule has 3 unspecified atom stereocenters. The second-order valence-electron chi connectivity index (χ2n) is 11.7. The number of amides is 2. The fourth-order valence-electron chi connectivity index (χ4n) is 6.62. The second kappa shape index (κ2) is 15.5. The van der Waals surface area contributed by atoms with Crippen LogP contribution in [-0.4, -0.2) is 65.3 Å². The predicted molar refractivity (Wildman–Crippen MR) is 170 cm³/mol. The van der Waals surface area contributed by atoms with Crippen molar-refractivity contribution < 1.29 is 24.6 Å². The topological polar surface area (TPSA) is 103 Å². The van der Waals surface area contributed by atoms with E-state index in [1.54, 1.807) is 35.2 Å². The first-order chi connectivity index (χ1) is 21.5. The van der Waals surface area contributed by atoms with Gasteiger partial charge in [0.15, 0.2) is 0 Å². The van der Waals surface area contributed by atoms with Gasteiger partial charge >= 0.3 is 6.09 Å². The third-order valence-corrected chi connectivity index (χ3v) is 8.82. The first-order valence-corrected chi connectivity index (χ1v) is 15.4. The molecule has 0 radical (unpaired) electrons. The number of piperidine rings is 1. The molecule has 0 spiro atoms. The van der Waals surface area contributed by atoms with Gasteiger partial charge in [0, 0.05) is 43.8 Å². The van der Waals surface area contributed by atoms with Crippen LogP contribution in [0, 0.1) is 5.92 Å². The van der Waals surface area contributed by atoms with E-state index in [1.807, 2.05) is 30.3 Å². The van der Waals surface area contributed by atoms with E-state index in [-0.39, 0.29) is 30.7 Å². The van der Waals surface area contributed by atoms with Gasteiger partial charge in [-0.15, -0.1) is 11.6 Å². The van der Waals surface area contributed by atoms with Gasteiger partial charge in [-0.3, -0.25) is 4.79 Å². The molecule has 2 aliphatic rings. The minimum absolute atomic E-state index is 0.0107. The number of carbonyl (C=O) groups excluding carboxylic acids is 2. The Kier molecular flexibility index (Phi) is 11.0. The first kappa shape index (κ1) is 31.3. The van der Waals surface area contributed by atoms with Crippen molar-refractivity contribution in [1.29, 1.82) is 0 Å². The lowest BCUT2D eigenvalue weighted by Gasteiger charge is -2.39. The summed E-state index contributed by atoms with van der Waals surface area (Å²) in [6.07, 6.45) is 4.99. The number of carbonyl (C=O) groups is 2. The molecule has 3 N–H and O–H groups in total. The van der Waals surface area contributed by atoms with E-state index in [4.69, 9.17) is 9.99 Å². The normalized spacial score (nSPS) is 20.5. The summed E-state index contributed by atoms with van der Waals surface area (Å²) in [7, 11) is 0. The minimum Gasteiger partial charge on any atom is -0.445 e. The van der Waals surface area contributed by atoms with Crippen molar-refractivity contribution in [2.45, 2.75) is 50.3 Å². The SMILES string of the molecule is C=CCN(C(=O)OCc1ccc(NOO)cc1)C1CCN(CC2CC(NC(=O)c3ccccc3)CC2c2ccccc2)CC1.